The van der Waals surface area contributed by atoms with Crippen LogP contribution in [0.3, 0.4) is 0 Å². The van der Waals surface area contributed by atoms with Gasteiger partial charge in [-0.3, -0.25) is 0 Å². The number of benzene rings is 9. The van der Waals surface area contributed by atoms with Crippen LogP contribution < -0.4 is 0 Å². The van der Waals surface area contributed by atoms with E-state index in [9.17, 15) is 0 Å². The monoisotopic (exact) mass is 727 g/mol. The molecule has 57 heavy (non-hydrogen) atoms. The molecule has 0 bridgehead atoms. The summed E-state index contributed by atoms with van der Waals surface area (Å²) >= 11 is 0. The van der Waals surface area contributed by atoms with Gasteiger partial charge in [-0.25, -0.2) is 15.0 Å². The van der Waals surface area contributed by atoms with E-state index in [1.54, 1.807) is 0 Å². The van der Waals surface area contributed by atoms with Crippen molar-refractivity contribution in [3.63, 3.8) is 0 Å². The summed E-state index contributed by atoms with van der Waals surface area (Å²) in [5.74, 6) is 1.79. The molecule has 2 heterocycles. The highest BCUT2D eigenvalue weighted by Gasteiger charge is 2.22. The first-order valence-corrected chi connectivity index (χ1v) is 19.2. The van der Waals surface area contributed by atoms with Crippen LogP contribution in [0, 0.1) is 0 Å². The van der Waals surface area contributed by atoms with E-state index in [0.29, 0.717) is 17.5 Å². The van der Waals surface area contributed by atoms with Crippen LogP contribution in [0.1, 0.15) is 0 Å². The molecule has 0 aliphatic carbocycles. The van der Waals surface area contributed by atoms with Crippen LogP contribution in [0.15, 0.2) is 205 Å². The van der Waals surface area contributed by atoms with E-state index in [2.05, 4.69) is 188 Å². The second kappa shape index (κ2) is 13.6. The zero-order valence-corrected chi connectivity index (χ0v) is 30.8. The highest BCUT2D eigenvalue weighted by atomic mass is 16.3. The van der Waals surface area contributed by atoms with Gasteiger partial charge in [0.1, 0.15) is 11.2 Å². The van der Waals surface area contributed by atoms with Crippen molar-refractivity contribution in [3.05, 3.63) is 200 Å². The highest BCUT2D eigenvalue weighted by molar-refractivity contribution is 6.19. The molecule has 2 aromatic heterocycles. The van der Waals surface area contributed by atoms with E-state index in [1.807, 2.05) is 12.1 Å². The Morgan fingerprint density at radius 2 is 0.772 bits per heavy atom. The molecule has 4 heteroatoms. The number of nitrogens with zero attached hydrogens (tertiary/aromatic N) is 3. The number of fused-ring (bicyclic) bond motifs is 5. The van der Waals surface area contributed by atoms with Crippen molar-refractivity contribution in [2.24, 2.45) is 0 Å². The summed E-state index contributed by atoms with van der Waals surface area (Å²) < 4.78 is 6.93. The maximum Gasteiger partial charge on any atom is 0.164 e. The minimum absolute atomic E-state index is 0.583. The summed E-state index contributed by atoms with van der Waals surface area (Å²) in [7, 11) is 0. The smallest absolute Gasteiger partial charge is 0.164 e. The Morgan fingerprint density at radius 1 is 0.298 bits per heavy atom. The van der Waals surface area contributed by atoms with E-state index in [0.717, 1.165) is 82.8 Å². The summed E-state index contributed by atoms with van der Waals surface area (Å²) in [6.45, 7) is 0. The maximum atomic E-state index is 6.93. The van der Waals surface area contributed by atoms with Crippen LogP contribution in [-0.2, 0) is 0 Å². The fourth-order valence-corrected chi connectivity index (χ4v) is 8.06. The van der Waals surface area contributed by atoms with Gasteiger partial charge in [0.05, 0.1) is 0 Å². The molecular weight excluding hydrogens is 695 g/mol. The molecule has 11 rings (SSSR count). The normalized spacial score (nSPS) is 11.5. The number of hydrogen-bond donors (Lipinski definition) is 0. The van der Waals surface area contributed by atoms with Gasteiger partial charge in [-0.2, -0.15) is 0 Å². The third-order valence-corrected chi connectivity index (χ3v) is 10.9. The Bertz CT molecular complexity index is 3160. The van der Waals surface area contributed by atoms with Crippen molar-refractivity contribution in [2.45, 2.75) is 0 Å². The van der Waals surface area contributed by atoms with Gasteiger partial charge in [0.25, 0.3) is 0 Å². The summed E-state index contributed by atoms with van der Waals surface area (Å²) in [5, 5.41) is 6.61. The number of furan rings is 1. The molecule has 11 aromatic rings. The lowest BCUT2D eigenvalue weighted by Crippen LogP contribution is -2.00. The van der Waals surface area contributed by atoms with Crippen molar-refractivity contribution in [1.29, 1.82) is 0 Å². The maximum absolute atomic E-state index is 6.93. The van der Waals surface area contributed by atoms with Crippen molar-refractivity contribution < 1.29 is 4.42 Å². The molecule has 0 aliphatic rings. The Morgan fingerprint density at radius 3 is 1.40 bits per heavy atom. The minimum Gasteiger partial charge on any atom is -0.455 e. The minimum atomic E-state index is 0.583. The molecule has 4 nitrogen and oxygen atoms in total. The first kappa shape index (κ1) is 32.7. The van der Waals surface area contributed by atoms with Gasteiger partial charge in [-0.1, -0.05) is 176 Å². The molecule has 266 valence electrons. The molecule has 0 saturated carbocycles. The van der Waals surface area contributed by atoms with Crippen LogP contribution in [0.2, 0.25) is 0 Å². The van der Waals surface area contributed by atoms with Gasteiger partial charge in [-0.05, 0) is 73.6 Å². The number of rotatable bonds is 6. The van der Waals surface area contributed by atoms with Gasteiger partial charge >= 0.3 is 0 Å². The van der Waals surface area contributed by atoms with Gasteiger partial charge in [-0.15, -0.1) is 0 Å². The van der Waals surface area contributed by atoms with Gasteiger partial charge in [0.2, 0.25) is 0 Å². The molecule has 0 fully saturated rings. The van der Waals surface area contributed by atoms with Gasteiger partial charge < -0.3 is 4.42 Å². The molecule has 0 saturated heterocycles. The van der Waals surface area contributed by atoms with Crippen LogP contribution in [0.25, 0.3) is 111 Å². The lowest BCUT2D eigenvalue weighted by atomic mass is 9.94. The largest absolute Gasteiger partial charge is 0.455 e. The van der Waals surface area contributed by atoms with Crippen LogP contribution in [0.4, 0.5) is 0 Å². The zero-order chi connectivity index (χ0) is 37.7. The molecule has 9 aromatic carbocycles. The average Bonchev–Trinajstić information content (AvgIpc) is 3.66. The topological polar surface area (TPSA) is 51.8 Å². The predicted octanol–water partition coefficient (Wildman–Crippen LogP) is 14.1. The lowest BCUT2D eigenvalue weighted by Gasteiger charge is -2.12. The van der Waals surface area contributed by atoms with E-state index < -0.39 is 0 Å². The third kappa shape index (κ3) is 5.83. The average molecular weight is 728 g/mol. The van der Waals surface area contributed by atoms with E-state index in [1.165, 1.54) is 10.8 Å². The first-order chi connectivity index (χ1) is 28.2. The second-order valence-electron chi connectivity index (χ2n) is 14.4. The van der Waals surface area contributed by atoms with Gasteiger partial charge in [0.15, 0.2) is 17.5 Å². The lowest BCUT2D eigenvalue weighted by molar-refractivity contribution is 0.670. The van der Waals surface area contributed by atoms with E-state index in [4.69, 9.17) is 19.4 Å². The van der Waals surface area contributed by atoms with Crippen LogP contribution >= 0.6 is 0 Å². The Hall–Kier alpha value is -7.69. The first-order valence-electron chi connectivity index (χ1n) is 19.2. The SMILES string of the molecule is c1ccc(-c2ccc(-c3nc(-c4ccc(-c5ccccc5)cc4)nc(-c4ccc(-c5cccc6ccccc56)c5oc6cc7ccccc7cc6c45)n3)cc2)cc1. The molecular formula is C53H33N3O. The standard InChI is InChI=1S/C53H33N3O/c1-3-12-34(13-4-1)36-22-26-39(27-23-36)51-54-52(40-28-24-37(25-29-40)35-14-5-2-6-15-35)56-53(55-51)46-31-30-45(44-21-11-19-38-16-9-10-20-43(38)44)50-49(46)47-32-41-17-7-8-18-42(41)33-48(47)57-50/h1-33H. The van der Waals surface area contributed by atoms with E-state index >= 15 is 0 Å². The summed E-state index contributed by atoms with van der Waals surface area (Å²) in [5.41, 5.74) is 11.0. The third-order valence-electron chi connectivity index (χ3n) is 10.9. The van der Waals surface area contributed by atoms with Crippen molar-refractivity contribution >= 4 is 43.5 Å². The quantitative estimate of drug-likeness (QED) is 0.171. The van der Waals surface area contributed by atoms with Crippen LogP contribution in [-0.4, -0.2) is 15.0 Å². The second-order valence-corrected chi connectivity index (χ2v) is 14.4. The zero-order valence-electron chi connectivity index (χ0n) is 30.8. The fraction of sp³-hybridized carbons (Fsp3) is 0. The molecule has 0 atom stereocenters. The molecule has 0 N–H and O–H groups in total. The molecule has 0 amide bonds. The number of hydrogen-bond acceptors (Lipinski definition) is 4. The number of aromatic nitrogens is 3. The molecule has 0 radical (unpaired) electrons. The predicted molar refractivity (Wildman–Crippen MR) is 235 cm³/mol. The molecule has 0 aliphatic heterocycles. The van der Waals surface area contributed by atoms with Crippen molar-refractivity contribution in [1.82, 2.24) is 15.0 Å². The Balaban J connectivity index is 1.15. The Labute approximate surface area is 329 Å². The molecule has 0 unspecified atom stereocenters. The summed E-state index contributed by atoms with van der Waals surface area (Å²) in [4.78, 5) is 15.6. The molecule has 0 spiro atoms. The van der Waals surface area contributed by atoms with Crippen molar-refractivity contribution in [2.75, 3.05) is 0 Å². The summed E-state index contributed by atoms with van der Waals surface area (Å²) in [6.07, 6.45) is 0. The van der Waals surface area contributed by atoms with Crippen molar-refractivity contribution in [3.8, 4) is 67.5 Å². The fourth-order valence-electron chi connectivity index (χ4n) is 8.06. The van der Waals surface area contributed by atoms with Crippen LogP contribution in [0.5, 0.6) is 0 Å². The summed E-state index contributed by atoms with van der Waals surface area (Å²) in [6, 6.07) is 69.8. The van der Waals surface area contributed by atoms with Gasteiger partial charge in [0, 0.05) is 33.0 Å². The Kier molecular flexibility index (Phi) is 7.78. The highest BCUT2D eigenvalue weighted by Crippen LogP contribution is 2.44. The van der Waals surface area contributed by atoms with E-state index in [-0.39, 0.29) is 0 Å².